The summed E-state index contributed by atoms with van der Waals surface area (Å²) in [5.74, 6) is 0.741. The third kappa shape index (κ3) is 1.98. The Balaban J connectivity index is 2.02. The van der Waals surface area contributed by atoms with Gasteiger partial charge in [-0.25, -0.2) is 9.97 Å². The highest BCUT2D eigenvalue weighted by Crippen LogP contribution is 2.25. The number of rotatable bonds is 1. The molecule has 108 valence electrons. The van der Waals surface area contributed by atoms with Crippen molar-refractivity contribution in [3.05, 3.63) is 53.3 Å². The van der Waals surface area contributed by atoms with Crippen LogP contribution in [0.1, 0.15) is 5.56 Å². The van der Waals surface area contributed by atoms with E-state index in [1.165, 1.54) is 4.52 Å². The van der Waals surface area contributed by atoms with Gasteiger partial charge in [0.05, 0.1) is 5.52 Å². The highest BCUT2D eigenvalue weighted by atomic mass is 35.5. The van der Waals surface area contributed by atoms with Crippen LogP contribution in [0.25, 0.3) is 27.9 Å². The van der Waals surface area contributed by atoms with Crippen molar-refractivity contribution in [3.63, 3.8) is 0 Å². The first-order valence-electron chi connectivity index (χ1n) is 6.74. The number of hydrogen-bond acceptors (Lipinski definition) is 4. The normalized spacial score (nSPS) is 11.4. The third-order valence-corrected chi connectivity index (χ3v) is 3.76. The Morgan fingerprint density at radius 3 is 2.59 bits per heavy atom. The Bertz CT molecular complexity index is 1010. The fourth-order valence-corrected chi connectivity index (χ4v) is 2.63. The molecule has 0 fully saturated rings. The van der Waals surface area contributed by atoms with Crippen LogP contribution < -0.4 is 0 Å². The molecule has 1 N–H and O–H groups in total. The van der Waals surface area contributed by atoms with Crippen molar-refractivity contribution < 1.29 is 5.11 Å². The van der Waals surface area contributed by atoms with Gasteiger partial charge in [-0.3, -0.25) is 0 Å². The molecule has 0 aliphatic rings. The topological polar surface area (TPSA) is 63.3 Å². The Hall–Kier alpha value is -2.66. The zero-order valence-electron chi connectivity index (χ0n) is 11.7. The van der Waals surface area contributed by atoms with E-state index in [2.05, 4.69) is 15.1 Å². The summed E-state index contributed by atoms with van der Waals surface area (Å²) in [7, 11) is 0. The predicted molar refractivity (Wildman–Crippen MR) is 85.1 cm³/mol. The Kier molecular flexibility index (Phi) is 2.77. The van der Waals surface area contributed by atoms with E-state index < -0.39 is 0 Å². The Labute approximate surface area is 130 Å². The molecule has 0 spiro atoms. The summed E-state index contributed by atoms with van der Waals surface area (Å²) in [5.41, 5.74) is 3.37. The second kappa shape index (κ2) is 4.68. The molecule has 0 bridgehead atoms. The second-order valence-electron chi connectivity index (χ2n) is 5.12. The van der Waals surface area contributed by atoms with Crippen LogP contribution in [0.4, 0.5) is 0 Å². The fraction of sp³-hybridized carbons (Fsp3) is 0.0625. The summed E-state index contributed by atoms with van der Waals surface area (Å²) in [5, 5.41) is 15.0. The van der Waals surface area contributed by atoms with Crippen LogP contribution in [0.3, 0.4) is 0 Å². The molecule has 0 saturated heterocycles. The van der Waals surface area contributed by atoms with Crippen molar-refractivity contribution >= 4 is 28.2 Å². The summed E-state index contributed by atoms with van der Waals surface area (Å²) in [6.45, 7) is 2.00. The second-order valence-corrected chi connectivity index (χ2v) is 5.46. The van der Waals surface area contributed by atoms with Gasteiger partial charge in [-0.1, -0.05) is 6.07 Å². The van der Waals surface area contributed by atoms with Crippen molar-refractivity contribution in [2.24, 2.45) is 0 Å². The minimum absolute atomic E-state index is 0.202. The summed E-state index contributed by atoms with van der Waals surface area (Å²) >= 11 is 6.22. The lowest BCUT2D eigenvalue weighted by Gasteiger charge is -2.01. The number of phenols is 1. The van der Waals surface area contributed by atoms with E-state index in [1.54, 1.807) is 24.3 Å². The monoisotopic (exact) mass is 310 g/mol. The maximum absolute atomic E-state index is 9.38. The summed E-state index contributed by atoms with van der Waals surface area (Å²) in [6, 6.07) is 12.7. The molecule has 0 radical (unpaired) electrons. The van der Waals surface area contributed by atoms with E-state index in [0.717, 1.165) is 22.0 Å². The minimum Gasteiger partial charge on any atom is -0.508 e. The molecule has 4 rings (SSSR count). The van der Waals surface area contributed by atoms with Gasteiger partial charge < -0.3 is 5.11 Å². The SMILES string of the molecule is Cc1ccc2c(c1)nc(Cl)n1nc(-c3ccc(O)cc3)nc21. The van der Waals surface area contributed by atoms with Gasteiger partial charge in [-0.2, -0.15) is 4.52 Å². The Morgan fingerprint density at radius 1 is 1.05 bits per heavy atom. The van der Waals surface area contributed by atoms with E-state index in [9.17, 15) is 5.11 Å². The highest BCUT2D eigenvalue weighted by Gasteiger charge is 2.13. The van der Waals surface area contributed by atoms with Gasteiger partial charge in [-0.15, -0.1) is 5.10 Å². The van der Waals surface area contributed by atoms with Gasteiger partial charge in [0.2, 0.25) is 5.28 Å². The molecule has 5 nitrogen and oxygen atoms in total. The van der Waals surface area contributed by atoms with E-state index in [0.29, 0.717) is 11.5 Å². The molecule has 0 saturated carbocycles. The first kappa shape index (κ1) is 13.0. The van der Waals surface area contributed by atoms with Gasteiger partial charge >= 0.3 is 0 Å². The number of aromatic nitrogens is 4. The van der Waals surface area contributed by atoms with Crippen molar-refractivity contribution in [1.82, 2.24) is 19.6 Å². The molecule has 0 aliphatic carbocycles. The molecule has 6 heteroatoms. The van der Waals surface area contributed by atoms with Gasteiger partial charge in [0.1, 0.15) is 5.75 Å². The largest absolute Gasteiger partial charge is 0.508 e. The predicted octanol–water partition coefficient (Wildman–Crippen LogP) is 3.61. The molecule has 0 unspecified atom stereocenters. The average molecular weight is 311 g/mol. The smallest absolute Gasteiger partial charge is 0.226 e. The molecular weight excluding hydrogens is 300 g/mol. The molecule has 2 heterocycles. The maximum Gasteiger partial charge on any atom is 0.226 e. The van der Waals surface area contributed by atoms with Crippen molar-refractivity contribution in [3.8, 4) is 17.1 Å². The van der Waals surface area contributed by atoms with Gasteiger partial charge in [-0.05, 0) is 60.5 Å². The number of fused-ring (bicyclic) bond motifs is 3. The van der Waals surface area contributed by atoms with Crippen LogP contribution in [0.2, 0.25) is 5.28 Å². The highest BCUT2D eigenvalue weighted by molar-refractivity contribution is 6.29. The number of hydrogen-bond donors (Lipinski definition) is 1. The molecule has 2 aromatic heterocycles. The van der Waals surface area contributed by atoms with Crippen LogP contribution >= 0.6 is 11.6 Å². The summed E-state index contributed by atoms with van der Waals surface area (Å²) in [6.07, 6.45) is 0. The average Bonchev–Trinajstić information content (AvgIpc) is 2.93. The number of nitrogens with zero attached hydrogens (tertiary/aromatic N) is 4. The number of aryl methyl sites for hydroxylation is 1. The van der Waals surface area contributed by atoms with Crippen molar-refractivity contribution in [2.45, 2.75) is 6.92 Å². The van der Waals surface area contributed by atoms with Gasteiger partial charge in [0, 0.05) is 10.9 Å². The third-order valence-electron chi connectivity index (χ3n) is 3.51. The lowest BCUT2D eigenvalue weighted by molar-refractivity contribution is 0.475. The lowest BCUT2D eigenvalue weighted by Crippen LogP contribution is -1.95. The Morgan fingerprint density at radius 2 is 1.82 bits per heavy atom. The maximum atomic E-state index is 9.38. The van der Waals surface area contributed by atoms with Gasteiger partial charge in [0.15, 0.2) is 11.5 Å². The van der Waals surface area contributed by atoms with Crippen LogP contribution in [0, 0.1) is 6.92 Å². The fourth-order valence-electron chi connectivity index (χ4n) is 2.42. The van der Waals surface area contributed by atoms with Crippen LogP contribution in [-0.4, -0.2) is 24.7 Å². The quantitative estimate of drug-likeness (QED) is 0.545. The van der Waals surface area contributed by atoms with Crippen LogP contribution in [0.5, 0.6) is 5.75 Å². The molecule has 2 aromatic carbocycles. The molecular formula is C16H11ClN4O. The van der Waals surface area contributed by atoms with E-state index in [4.69, 9.17) is 11.6 Å². The first-order chi connectivity index (χ1) is 10.6. The van der Waals surface area contributed by atoms with Gasteiger partial charge in [0.25, 0.3) is 0 Å². The van der Waals surface area contributed by atoms with Crippen LogP contribution in [0.15, 0.2) is 42.5 Å². The molecule has 0 aliphatic heterocycles. The van der Waals surface area contributed by atoms with Crippen molar-refractivity contribution in [1.29, 1.82) is 0 Å². The van der Waals surface area contributed by atoms with Crippen LogP contribution in [-0.2, 0) is 0 Å². The van der Waals surface area contributed by atoms with E-state index in [1.807, 2.05) is 25.1 Å². The molecule has 4 aromatic rings. The van der Waals surface area contributed by atoms with E-state index in [-0.39, 0.29) is 11.0 Å². The summed E-state index contributed by atoms with van der Waals surface area (Å²) in [4.78, 5) is 8.95. The lowest BCUT2D eigenvalue weighted by atomic mass is 10.2. The van der Waals surface area contributed by atoms with Crippen molar-refractivity contribution in [2.75, 3.05) is 0 Å². The summed E-state index contributed by atoms with van der Waals surface area (Å²) < 4.78 is 1.53. The molecule has 22 heavy (non-hydrogen) atoms. The number of aromatic hydroxyl groups is 1. The number of benzene rings is 2. The molecule has 0 atom stereocenters. The minimum atomic E-state index is 0.202. The van der Waals surface area contributed by atoms with E-state index >= 15 is 0 Å². The molecule has 0 amide bonds. The zero-order chi connectivity index (χ0) is 15.3. The standard InChI is InChI=1S/C16H11ClN4O/c1-9-2-7-12-13(8-9)18-16(17)21-15(12)19-14(20-21)10-3-5-11(22)6-4-10/h2-8,22H,1H3. The number of phenolic OH excluding ortho intramolecular Hbond substituents is 1. The zero-order valence-corrected chi connectivity index (χ0v) is 12.4. The first-order valence-corrected chi connectivity index (χ1v) is 7.12. The number of halogens is 1.